The zero-order valence-electron chi connectivity index (χ0n) is 11.8. The van der Waals surface area contributed by atoms with Crippen molar-refractivity contribution in [3.8, 4) is 0 Å². The van der Waals surface area contributed by atoms with E-state index in [-0.39, 0.29) is 30.8 Å². The molecule has 0 aromatic heterocycles. The highest BCUT2D eigenvalue weighted by Crippen LogP contribution is 2.10. The van der Waals surface area contributed by atoms with Crippen LogP contribution in [0.3, 0.4) is 0 Å². The van der Waals surface area contributed by atoms with Gasteiger partial charge in [0.15, 0.2) is 0 Å². The van der Waals surface area contributed by atoms with Gasteiger partial charge in [-0.1, -0.05) is 12.1 Å². The molecule has 0 spiro atoms. The Balaban J connectivity index is 0.00000220. The van der Waals surface area contributed by atoms with Gasteiger partial charge < -0.3 is 15.5 Å². The van der Waals surface area contributed by atoms with Crippen molar-refractivity contribution in [2.45, 2.75) is 13.0 Å². The Bertz CT molecular complexity index is 513. The van der Waals surface area contributed by atoms with Gasteiger partial charge in [-0.2, -0.15) is 0 Å². The monoisotopic (exact) mass is 423 g/mol. The number of nitrogens with one attached hydrogen (secondary N) is 2. The lowest BCUT2D eigenvalue weighted by molar-refractivity contribution is -0.131. The van der Waals surface area contributed by atoms with Crippen molar-refractivity contribution in [3.63, 3.8) is 0 Å². The SMILES string of the molecule is C[C@@H]1CN(C(=O)CNC(=O)c2ccccc2I)CCN1.Cl. The van der Waals surface area contributed by atoms with Crippen molar-refractivity contribution in [3.05, 3.63) is 33.4 Å². The van der Waals surface area contributed by atoms with E-state index in [0.29, 0.717) is 24.7 Å². The third kappa shape index (κ3) is 5.12. The fourth-order valence-electron chi connectivity index (χ4n) is 2.17. The lowest BCUT2D eigenvalue weighted by Gasteiger charge is -2.31. The first-order valence-electron chi connectivity index (χ1n) is 6.62. The predicted molar refractivity (Wildman–Crippen MR) is 92.8 cm³/mol. The van der Waals surface area contributed by atoms with Crippen molar-refractivity contribution in [1.82, 2.24) is 15.5 Å². The Labute approximate surface area is 144 Å². The number of rotatable bonds is 3. The topological polar surface area (TPSA) is 61.4 Å². The number of nitrogens with zero attached hydrogens (tertiary/aromatic N) is 1. The van der Waals surface area contributed by atoms with Crippen molar-refractivity contribution in [2.24, 2.45) is 0 Å². The number of halogens is 2. The molecule has 1 aromatic rings. The maximum atomic E-state index is 12.0. The summed E-state index contributed by atoms with van der Waals surface area (Å²) >= 11 is 2.11. The first kappa shape index (κ1) is 18.2. The number of hydrogen-bond acceptors (Lipinski definition) is 3. The predicted octanol–water partition coefficient (Wildman–Crippen LogP) is 1.26. The van der Waals surface area contributed by atoms with Crippen LogP contribution in [0.4, 0.5) is 0 Å². The van der Waals surface area contributed by atoms with Crippen LogP contribution in [0.25, 0.3) is 0 Å². The second kappa shape index (κ2) is 8.55. The molecule has 0 aliphatic carbocycles. The van der Waals surface area contributed by atoms with Crippen molar-refractivity contribution in [1.29, 1.82) is 0 Å². The van der Waals surface area contributed by atoms with Crippen LogP contribution in [0.15, 0.2) is 24.3 Å². The second-order valence-electron chi connectivity index (χ2n) is 4.86. The highest BCUT2D eigenvalue weighted by molar-refractivity contribution is 14.1. The maximum Gasteiger partial charge on any atom is 0.252 e. The molecule has 1 fully saturated rings. The van der Waals surface area contributed by atoms with Gasteiger partial charge >= 0.3 is 0 Å². The first-order chi connectivity index (χ1) is 9.58. The first-order valence-corrected chi connectivity index (χ1v) is 7.69. The maximum absolute atomic E-state index is 12.0. The van der Waals surface area contributed by atoms with Gasteiger partial charge in [0.05, 0.1) is 12.1 Å². The van der Waals surface area contributed by atoms with Crippen molar-refractivity contribution in [2.75, 3.05) is 26.2 Å². The van der Waals surface area contributed by atoms with Crippen LogP contribution < -0.4 is 10.6 Å². The third-order valence-corrected chi connectivity index (χ3v) is 4.18. The zero-order valence-corrected chi connectivity index (χ0v) is 14.7. The molecule has 0 bridgehead atoms. The van der Waals surface area contributed by atoms with E-state index in [0.717, 1.165) is 10.1 Å². The van der Waals surface area contributed by atoms with Crippen LogP contribution in [-0.4, -0.2) is 48.9 Å². The Morgan fingerprint density at radius 1 is 1.43 bits per heavy atom. The molecule has 1 aromatic carbocycles. The summed E-state index contributed by atoms with van der Waals surface area (Å²) in [6.45, 7) is 4.29. The molecule has 1 saturated heterocycles. The molecule has 7 heteroatoms. The molecular weight excluding hydrogens is 405 g/mol. The largest absolute Gasteiger partial charge is 0.343 e. The minimum absolute atomic E-state index is 0. The molecular formula is C14H19ClIN3O2. The standard InChI is InChI=1S/C14H18IN3O2.ClH/c1-10-9-18(7-6-16-10)13(19)8-17-14(20)11-4-2-3-5-12(11)15;/h2-5,10,16H,6-9H2,1H3,(H,17,20);1H/t10-;/m1./s1. The van der Waals surface area contributed by atoms with E-state index >= 15 is 0 Å². The number of amides is 2. The average molecular weight is 424 g/mol. The molecule has 1 aliphatic rings. The van der Waals surface area contributed by atoms with Crippen LogP contribution >= 0.6 is 35.0 Å². The number of benzene rings is 1. The van der Waals surface area contributed by atoms with Crippen LogP contribution in [0.2, 0.25) is 0 Å². The normalized spacial score (nSPS) is 17.8. The highest BCUT2D eigenvalue weighted by Gasteiger charge is 2.20. The van der Waals surface area contributed by atoms with Gasteiger partial charge in [-0.3, -0.25) is 9.59 Å². The summed E-state index contributed by atoms with van der Waals surface area (Å²) in [5.41, 5.74) is 0.606. The molecule has 1 atom stereocenters. The van der Waals surface area contributed by atoms with Crippen LogP contribution in [0.1, 0.15) is 17.3 Å². The van der Waals surface area contributed by atoms with Crippen molar-refractivity contribution >= 4 is 46.8 Å². The molecule has 2 rings (SSSR count). The molecule has 21 heavy (non-hydrogen) atoms. The summed E-state index contributed by atoms with van der Waals surface area (Å²) in [6.07, 6.45) is 0. The smallest absolute Gasteiger partial charge is 0.252 e. The Hall–Kier alpha value is -0.860. The third-order valence-electron chi connectivity index (χ3n) is 3.24. The summed E-state index contributed by atoms with van der Waals surface area (Å²) in [6, 6.07) is 7.63. The molecule has 0 saturated carbocycles. The summed E-state index contributed by atoms with van der Waals surface area (Å²) in [7, 11) is 0. The van der Waals surface area contributed by atoms with Gasteiger partial charge in [0, 0.05) is 29.2 Å². The Kier molecular flexibility index (Phi) is 7.41. The molecule has 1 aliphatic heterocycles. The lowest BCUT2D eigenvalue weighted by Crippen LogP contribution is -2.53. The van der Waals surface area contributed by atoms with Gasteiger partial charge in [-0.05, 0) is 41.6 Å². The molecule has 1 heterocycles. The summed E-state index contributed by atoms with van der Waals surface area (Å²) in [4.78, 5) is 25.9. The van der Waals surface area contributed by atoms with E-state index in [1.54, 1.807) is 11.0 Å². The minimum atomic E-state index is -0.202. The van der Waals surface area contributed by atoms with E-state index in [9.17, 15) is 9.59 Å². The van der Waals surface area contributed by atoms with E-state index < -0.39 is 0 Å². The zero-order chi connectivity index (χ0) is 14.5. The van der Waals surface area contributed by atoms with Crippen LogP contribution in [-0.2, 0) is 4.79 Å². The molecule has 2 N–H and O–H groups in total. The summed E-state index contributed by atoms with van der Waals surface area (Å²) in [5.74, 6) is -0.232. The molecule has 5 nitrogen and oxygen atoms in total. The number of piperazine rings is 1. The van der Waals surface area contributed by atoms with Gasteiger partial charge in [-0.15, -0.1) is 12.4 Å². The van der Waals surface area contributed by atoms with Gasteiger partial charge in [0.25, 0.3) is 5.91 Å². The quantitative estimate of drug-likeness (QED) is 0.720. The number of carbonyl (C=O) groups excluding carboxylic acids is 2. The van der Waals surface area contributed by atoms with E-state index in [1.165, 1.54) is 0 Å². The van der Waals surface area contributed by atoms with Gasteiger partial charge in [0.2, 0.25) is 5.91 Å². The molecule has 2 amide bonds. The number of carbonyl (C=O) groups is 2. The van der Waals surface area contributed by atoms with E-state index in [4.69, 9.17) is 0 Å². The molecule has 0 radical (unpaired) electrons. The highest BCUT2D eigenvalue weighted by atomic mass is 127. The number of hydrogen-bond donors (Lipinski definition) is 2. The van der Waals surface area contributed by atoms with Crippen molar-refractivity contribution < 1.29 is 9.59 Å². The lowest BCUT2D eigenvalue weighted by atomic mass is 10.2. The Morgan fingerprint density at radius 2 is 2.14 bits per heavy atom. The summed E-state index contributed by atoms with van der Waals surface area (Å²) < 4.78 is 0.880. The fraction of sp³-hybridized carbons (Fsp3) is 0.429. The fourth-order valence-corrected chi connectivity index (χ4v) is 2.80. The second-order valence-corrected chi connectivity index (χ2v) is 6.02. The minimum Gasteiger partial charge on any atom is -0.343 e. The molecule has 116 valence electrons. The molecule has 0 unspecified atom stereocenters. The van der Waals surface area contributed by atoms with E-state index in [1.807, 2.05) is 25.1 Å². The van der Waals surface area contributed by atoms with Gasteiger partial charge in [-0.25, -0.2) is 0 Å². The Morgan fingerprint density at radius 3 is 2.81 bits per heavy atom. The summed E-state index contributed by atoms with van der Waals surface area (Å²) in [5, 5.41) is 5.98. The van der Waals surface area contributed by atoms with Gasteiger partial charge in [0.1, 0.15) is 0 Å². The van der Waals surface area contributed by atoms with Crippen LogP contribution in [0, 0.1) is 3.57 Å². The van der Waals surface area contributed by atoms with Crippen LogP contribution in [0.5, 0.6) is 0 Å². The average Bonchev–Trinajstić information content (AvgIpc) is 2.45. The van der Waals surface area contributed by atoms with E-state index in [2.05, 4.69) is 33.2 Å².